The number of hydrogen-bond donors (Lipinski definition) is 2. The summed E-state index contributed by atoms with van der Waals surface area (Å²) in [6.45, 7) is 2.64. The van der Waals surface area contributed by atoms with Gasteiger partial charge in [0, 0.05) is 39.9 Å². The number of likely N-dealkylation sites (N-methyl/N-ethyl adjacent to an activating group) is 1. The first-order valence-corrected chi connectivity index (χ1v) is 6.79. The number of halogens is 1. The molecule has 1 rings (SSSR count). The van der Waals surface area contributed by atoms with E-state index >= 15 is 0 Å². The molecule has 0 bridgehead atoms. The van der Waals surface area contributed by atoms with E-state index < -0.39 is 0 Å². The Labute approximate surface area is 134 Å². The molecule has 0 radical (unpaired) electrons. The van der Waals surface area contributed by atoms with Gasteiger partial charge >= 0.3 is 0 Å². The standard InChI is InChI=1S/C13H28N4O.HI/c1-14-13(15-8-5-9-18-4)16-10-12(17(2)3)11-6-7-11;/h11-12H,5-10H2,1-4H3,(H2,14,15,16);1H. The molecule has 1 aliphatic rings. The summed E-state index contributed by atoms with van der Waals surface area (Å²) in [6.07, 6.45) is 3.73. The summed E-state index contributed by atoms with van der Waals surface area (Å²) in [6, 6.07) is 0.613. The lowest BCUT2D eigenvalue weighted by atomic mass is 10.1. The molecule has 1 aliphatic carbocycles. The van der Waals surface area contributed by atoms with E-state index in [0.717, 1.165) is 38.0 Å². The number of nitrogens with zero attached hydrogens (tertiary/aromatic N) is 2. The zero-order chi connectivity index (χ0) is 13.4. The number of aliphatic imine (C=N–C) groups is 1. The highest BCUT2D eigenvalue weighted by atomic mass is 127. The fourth-order valence-corrected chi connectivity index (χ4v) is 2.10. The highest BCUT2D eigenvalue weighted by Crippen LogP contribution is 2.34. The van der Waals surface area contributed by atoms with Gasteiger partial charge in [-0.25, -0.2) is 0 Å². The van der Waals surface area contributed by atoms with Gasteiger partial charge in [0.2, 0.25) is 0 Å². The van der Waals surface area contributed by atoms with Gasteiger partial charge in [-0.15, -0.1) is 24.0 Å². The minimum Gasteiger partial charge on any atom is -0.385 e. The second-order valence-corrected chi connectivity index (χ2v) is 5.09. The quantitative estimate of drug-likeness (QED) is 0.285. The summed E-state index contributed by atoms with van der Waals surface area (Å²) in [5.41, 5.74) is 0. The van der Waals surface area contributed by atoms with Crippen LogP contribution in [0.15, 0.2) is 4.99 Å². The van der Waals surface area contributed by atoms with Crippen molar-refractivity contribution in [2.75, 3.05) is 47.9 Å². The topological polar surface area (TPSA) is 48.9 Å². The zero-order valence-corrected chi connectivity index (χ0v) is 14.9. The third kappa shape index (κ3) is 7.94. The van der Waals surface area contributed by atoms with Gasteiger partial charge in [0.05, 0.1) is 0 Å². The fraction of sp³-hybridized carbons (Fsp3) is 0.923. The molecule has 2 N–H and O–H groups in total. The number of rotatable bonds is 8. The molecule has 1 fully saturated rings. The summed E-state index contributed by atoms with van der Waals surface area (Å²) < 4.78 is 5.02. The Balaban J connectivity index is 0.00000324. The van der Waals surface area contributed by atoms with Crippen molar-refractivity contribution in [3.8, 4) is 0 Å². The van der Waals surface area contributed by atoms with Crippen molar-refractivity contribution in [1.29, 1.82) is 0 Å². The van der Waals surface area contributed by atoms with E-state index in [1.165, 1.54) is 12.8 Å². The molecule has 0 aromatic carbocycles. The summed E-state index contributed by atoms with van der Waals surface area (Å²) >= 11 is 0. The predicted molar refractivity (Wildman–Crippen MR) is 91.5 cm³/mol. The SMILES string of the molecule is CN=C(NCCCOC)NCC(C1CC1)N(C)C.I. The normalized spacial score (nSPS) is 17.0. The first-order valence-electron chi connectivity index (χ1n) is 6.79. The van der Waals surface area contributed by atoms with Crippen LogP contribution in [-0.4, -0.2) is 64.9 Å². The van der Waals surface area contributed by atoms with E-state index in [1.54, 1.807) is 7.11 Å². The lowest BCUT2D eigenvalue weighted by molar-refractivity contribution is 0.195. The number of hydrogen-bond acceptors (Lipinski definition) is 3. The van der Waals surface area contributed by atoms with E-state index in [2.05, 4.69) is 34.6 Å². The van der Waals surface area contributed by atoms with Gasteiger partial charge in [-0.1, -0.05) is 0 Å². The van der Waals surface area contributed by atoms with Crippen LogP contribution in [0.1, 0.15) is 19.3 Å². The Hall–Kier alpha value is -0.0800. The molecule has 6 heteroatoms. The smallest absolute Gasteiger partial charge is 0.191 e. The van der Waals surface area contributed by atoms with Gasteiger partial charge in [-0.05, 0) is 39.3 Å². The zero-order valence-electron chi connectivity index (χ0n) is 12.6. The monoisotopic (exact) mass is 384 g/mol. The Morgan fingerprint density at radius 3 is 2.53 bits per heavy atom. The average Bonchev–Trinajstić information content (AvgIpc) is 3.16. The van der Waals surface area contributed by atoms with E-state index in [-0.39, 0.29) is 24.0 Å². The van der Waals surface area contributed by atoms with Crippen molar-refractivity contribution >= 4 is 29.9 Å². The van der Waals surface area contributed by atoms with E-state index in [1.807, 2.05) is 7.05 Å². The summed E-state index contributed by atoms with van der Waals surface area (Å²) in [5, 5.41) is 6.70. The molecule has 0 aromatic rings. The largest absolute Gasteiger partial charge is 0.385 e. The van der Waals surface area contributed by atoms with E-state index in [9.17, 15) is 0 Å². The van der Waals surface area contributed by atoms with Crippen molar-refractivity contribution in [1.82, 2.24) is 15.5 Å². The highest BCUT2D eigenvalue weighted by Gasteiger charge is 2.32. The van der Waals surface area contributed by atoms with Crippen molar-refractivity contribution in [2.24, 2.45) is 10.9 Å². The van der Waals surface area contributed by atoms with Crippen LogP contribution in [0, 0.1) is 5.92 Å². The molecule has 19 heavy (non-hydrogen) atoms. The predicted octanol–water partition coefficient (Wildman–Crippen LogP) is 1.15. The molecular formula is C13H29IN4O. The van der Waals surface area contributed by atoms with Crippen LogP contribution in [-0.2, 0) is 4.74 Å². The van der Waals surface area contributed by atoms with Gasteiger partial charge in [-0.3, -0.25) is 4.99 Å². The van der Waals surface area contributed by atoms with E-state index in [0.29, 0.717) is 6.04 Å². The highest BCUT2D eigenvalue weighted by molar-refractivity contribution is 14.0. The second kappa shape index (κ2) is 10.7. The Bertz CT molecular complexity index is 255. The van der Waals surface area contributed by atoms with Crippen LogP contribution in [0.2, 0.25) is 0 Å². The molecule has 0 aliphatic heterocycles. The average molecular weight is 384 g/mol. The molecule has 0 spiro atoms. The minimum atomic E-state index is 0. The van der Waals surface area contributed by atoms with Gasteiger partial charge in [0.15, 0.2) is 5.96 Å². The van der Waals surface area contributed by atoms with Gasteiger partial charge in [0.25, 0.3) is 0 Å². The van der Waals surface area contributed by atoms with Crippen LogP contribution >= 0.6 is 24.0 Å². The van der Waals surface area contributed by atoms with Crippen LogP contribution in [0.5, 0.6) is 0 Å². The second-order valence-electron chi connectivity index (χ2n) is 5.09. The molecule has 114 valence electrons. The van der Waals surface area contributed by atoms with Crippen LogP contribution < -0.4 is 10.6 Å². The maximum atomic E-state index is 5.02. The number of methoxy groups -OCH3 is 1. The molecular weight excluding hydrogens is 355 g/mol. The van der Waals surface area contributed by atoms with Crippen molar-refractivity contribution in [3.05, 3.63) is 0 Å². The summed E-state index contributed by atoms with van der Waals surface area (Å²) in [5.74, 6) is 1.75. The lowest BCUT2D eigenvalue weighted by Gasteiger charge is -2.25. The molecule has 0 heterocycles. The van der Waals surface area contributed by atoms with E-state index in [4.69, 9.17) is 4.74 Å². The maximum Gasteiger partial charge on any atom is 0.191 e. The van der Waals surface area contributed by atoms with Gasteiger partial charge < -0.3 is 20.3 Å². The lowest BCUT2D eigenvalue weighted by Crippen LogP contribution is -2.46. The number of guanidine groups is 1. The first kappa shape index (κ1) is 18.9. The Morgan fingerprint density at radius 1 is 1.37 bits per heavy atom. The summed E-state index contributed by atoms with van der Waals surface area (Å²) in [7, 11) is 7.84. The fourth-order valence-electron chi connectivity index (χ4n) is 2.10. The van der Waals surface area contributed by atoms with Crippen molar-refractivity contribution in [3.63, 3.8) is 0 Å². The van der Waals surface area contributed by atoms with Gasteiger partial charge in [0.1, 0.15) is 0 Å². The molecule has 1 saturated carbocycles. The summed E-state index contributed by atoms with van der Waals surface area (Å²) in [4.78, 5) is 6.54. The minimum absolute atomic E-state index is 0. The molecule has 1 atom stereocenters. The Kier molecular flexibility index (Phi) is 10.6. The molecule has 0 saturated heterocycles. The van der Waals surface area contributed by atoms with Crippen molar-refractivity contribution in [2.45, 2.75) is 25.3 Å². The molecule has 0 aromatic heterocycles. The Morgan fingerprint density at radius 2 is 2.05 bits per heavy atom. The maximum absolute atomic E-state index is 5.02. The molecule has 5 nitrogen and oxygen atoms in total. The third-order valence-electron chi connectivity index (χ3n) is 3.35. The molecule has 1 unspecified atom stereocenters. The van der Waals surface area contributed by atoms with Crippen LogP contribution in [0.3, 0.4) is 0 Å². The van der Waals surface area contributed by atoms with Crippen molar-refractivity contribution < 1.29 is 4.74 Å². The third-order valence-corrected chi connectivity index (χ3v) is 3.35. The number of ether oxygens (including phenoxy) is 1. The van der Waals surface area contributed by atoms with Crippen LogP contribution in [0.25, 0.3) is 0 Å². The van der Waals surface area contributed by atoms with Crippen LogP contribution in [0.4, 0.5) is 0 Å². The first-order chi connectivity index (χ1) is 8.69. The van der Waals surface area contributed by atoms with Gasteiger partial charge in [-0.2, -0.15) is 0 Å². The number of nitrogens with one attached hydrogen (secondary N) is 2. The molecule has 0 amide bonds.